The molecule has 0 rings (SSSR count). The summed E-state index contributed by atoms with van der Waals surface area (Å²) >= 11 is 0. The highest BCUT2D eigenvalue weighted by Crippen LogP contribution is 2.09. The zero-order valence-electron chi connectivity index (χ0n) is 10.5. The van der Waals surface area contributed by atoms with Crippen molar-refractivity contribution in [1.82, 2.24) is 0 Å². The first kappa shape index (κ1) is 14.9. The Hall–Kier alpha value is -0.0800. The Morgan fingerprint density at radius 2 is 1.60 bits per heavy atom. The molecule has 2 nitrogen and oxygen atoms in total. The highest BCUT2D eigenvalue weighted by Gasteiger charge is 2.06. The fourth-order valence-electron chi connectivity index (χ4n) is 1.60. The van der Waals surface area contributed by atoms with Crippen molar-refractivity contribution in [1.29, 1.82) is 0 Å². The molecule has 0 aliphatic rings. The molecule has 0 amide bonds. The second kappa shape index (κ2) is 12.0. The molecule has 0 bridgehead atoms. The molecule has 0 heterocycles. The largest absolute Gasteiger partial charge is 0.394 e. The topological polar surface area (TPSA) is 29.5 Å². The minimum atomic E-state index is 0.0816. The number of hydrogen-bond acceptors (Lipinski definition) is 2. The molecule has 15 heavy (non-hydrogen) atoms. The Morgan fingerprint density at radius 3 is 2.20 bits per heavy atom. The Kier molecular flexibility index (Phi) is 11.9. The van der Waals surface area contributed by atoms with Gasteiger partial charge in [0, 0.05) is 6.61 Å². The monoisotopic (exact) mass is 216 g/mol. The first-order valence-corrected chi connectivity index (χ1v) is 6.57. The van der Waals surface area contributed by atoms with Gasteiger partial charge in [0.1, 0.15) is 0 Å². The van der Waals surface area contributed by atoms with E-state index in [-0.39, 0.29) is 12.7 Å². The zero-order chi connectivity index (χ0) is 11.4. The second-order valence-electron chi connectivity index (χ2n) is 4.23. The lowest BCUT2D eigenvalue weighted by molar-refractivity contribution is 0.00550. The van der Waals surface area contributed by atoms with E-state index in [4.69, 9.17) is 9.84 Å². The van der Waals surface area contributed by atoms with Crippen molar-refractivity contribution >= 4 is 0 Å². The summed E-state index contributed by atoms with van der Waals surface area (Å²) in [4.78, 5) is 0. The summed E-state index contributed by atoms with van der Waals surface area (Å²) in [6.07, 6.45) is 9.78. The van der Waals surface area contributed by atoms with E-state index in [0.29, 0.717) is 0 Å². The number of aliphatic hydroxyl groups excluding tert-OH is 1. The van der Waals surface area contributed by atoms with Gasteiger partial charge in [-0.25, -0.2) is 0 Å². The van der Waals surface area contributed by atoms with Crippen LogP contribution in [0.2, 0.25) is 0 Å². The van der Waals surface area contributed by atoms with E-state index in [1.807, 2.05) is 0 Å². The summed E-state index contributed by atoms with van der Waals surface area (Å²) in [6.45, 7) is 5.36. The van der Waals surface area contributed by atoms with E-state index in [1.54, 1.807) is 0 Å². The maximum atomic E-state index is 9.10. The molecule has 1 atom stereocenters. The third-order valence-corrected chi connectivity index (χ3v) is 2.68. The molecule has 0 saturated heterocycles. The standard InChI is InChI=1S/C13H28O2/c1-3-5-7-8-9-10-13(12-14)15-11-6-4-2/h13-14H,3-12H2,1-2H3. The van der Waals surface area contributed by atoms with Crippen molar-refractivity contribution in [2.24, 2.45) is 0 Å². The molecule has 0 aliphatic carbocycles. The molecule has 0 aromatic carbocycles. The summed E-state index contributed by atoms with van der Waals surface area (Å²) in [5, 5.41) is 9.10. The molecule has 1 N–H and O–H groups in total. The normalized spacial score (nSPS) is 13.0. The smallest absolute Gasteiger partial charge is 0.0805 e. The molecule has 0 radical (unpaired) electrons. The predicted octanol–water partition coefficient (Wildman–Crippen LogP) is 3.52. The van der Waals surface area contributed by atoms with Crippen LogP contribution in [0.25, 0.3) is 0 Å². The SMILES string of the molecule is CCCCCCCC(CO)OCCCC. The third-order valence-electron chi connectivity index (χ3n) is 2.68. The summed E-state index contributed by atoms with van der Waals surface area (Å²) in [6, 6.07) is 0. The molecule has 0 aromatic heterocycles. The summed E-state index contributed by atoms with van der Waals surface area (Å²) < 4.78 is 5.59. The van der Waals surface area contributed by atoms with Crippen molar-refractivity contribution in [2.45, 2.75) is 71.3 Å². The van der Waals surface area contributed by atoms with Crippen LogP contribution in [0, 0.1) is 0 Å². The van der Waals surface area contributed by atoms with E-state index in [2.05, 4.69) is 13.8 Å². The predicted molar refractivity (Wildman–Crippen MR) is 65.1 cm³/mol. The average Bonchev–Trinajstić information content (AvgIpc) is 2.26. The maximum absolute atomic E-state index is 9.10. The highest BCUT2D eigenvalue weighted by molar-refractivity contribution is 4.56. The van der Waals surface area contributed by atoms with Crippen LogP contribution < -0.4 is 0 Å². The molecular weight excluding hydrogens is 188 g/mol. The first-order chi connectivity index (χ1) is 7.35. The average molecular weight is 216 g/mol. The number of hydrogen-bond donors (Lipinski definition) is 1. The summed E-state index contributed by atoms with van der Waals surface area (Å²) in [7, 11) is 0. The van der Waals surface area contributed by atoms with E-state index >= 15 is 0 Å². The molecule has 0 fully saturated rings. The van der Waals surface area contributed by atoms with E-state index in [9.17, 15) is 0 Å². The number of aliphatic hydroxyl groups is 1. The van der Waals surface area contributed by atoms with Crippen molar-refractivity contribution in [3.8, 4) is 0 Å². The zero-order valence-corrected chi connectivity index (χ0v) is 10.5. The van der Waals surface area contributed by atoms with Crippen LogP contribution in [-0.2, 0) is 4.74 Å². The van der Waals surface area contributed by atoms with Gasteiger partial charge >= 0.3 is 0 Å². The van der Waals surface area contributed by atoms with Crippen LogP contribution in [0.3, 0.4) is 0 Å². The van der Waals surface area contributed by atoms with Gasteiger partial charge in [0.05, 0.1) is 12.7 Å². The van der Waals surface area contributed by atoms with Crippen LogP contribution in [-0.4, -0.2) is 24.4 Å². The molecule has 0 aromatic rings. The number of rotatable bonds is 11. The van der Waals surface area contributed by atoms with Gasteiger partial charge in [-0.05, 0) is 12.8 Å². The van der Waals surface area contributed by atoms with Crippen LogP contribution >= 0.6 is 0 Å². The maximum Gasteiger partial charge on any atom is 0.0805 e. The van der Waals surface area contributed by atoms with Gasteiger partial charge in [0.15, 0.2) is 0 Å². The Labute approximate surface area is 95.0 Å². The molecule has 2 heteroatoms. The van der Waals surface area contributed by atoms with Crippen molar-refractivity contribution < 1.29 is 9.84 Å². The van der Waals surface area contributed by atoms with Gasteiger partial charge in [0.2, 0.25) is 0 Å². The van der Waals surface area contributed by atoms with Gasteiger partial charge in [-0.2, -0.15) is 0 Å². The third kappa shape index (κ3) is 10.2. The molecule has 1 unspecified atom stereocenters. The van der Waals surface area contributed by atoms with Crippen molar-refractivity contribution in [2.75, 3.05) is 13.2 Å². The number of ether oxygens (including phenoxy) is 1. The Balaban J connectivity index is 3.28. The Morgan fingerprint density at radius 1 is 0.933 bits per heavy atom. The molecule has 92 valence electrons. The molecule has 0 aliphatic heterocycles. The summed E-state index contributed by atoms with van der Waals surface area (Å²) in [5.41, 5.74) is 0. The fraction of sp³-hybridized carbons (Fsp3) is 1.00. The first-order valence-electron chi connectivity index (χ1n) is 6.57. The van der Waals surface area contributed by atoms with Gasteiger partial charge in [-0.15, -0.1) is 0 Å². The lowest BCUT2D eigenvalue weighted by Gasteiger charge is -2.14. The van der Waals surface area contributed by atoms with E-state index < -0.39 is 0 Å². The highest BCUT2D eigenvalue weighted by atomic mass is 16.5. The van der Waals surface area contributed by atoms with Crippen molar-refractivity contribution in [3.63, 3.8) is 0 Å². The second-order valence-corrected chi connectivity index (χ2v) is 4.23. The lowest BCUT2D eigenvalue weighted by Crippen LogP contribution is -2.18. The van der Waals surface area contributed by atoms with Crippen LogP contribution in [0.5, 0.6) is 0 Å². The number of unbranched alkanes of at least 4 members (excludes halogenated alkanes) is 5. The fourth-order valence-corrected chi connectivity index (χ4v) is 1.60. The van der Waals surface area contributed by atoms with E-state index in [0.717, 1.165) is 25.9 Å². The van der Waals surface area contributed by atoms with Gasteiger partial charge < -0.3 is 9.84 Å². The molecule has 0 saturated carbocycles. The van der Waals surface area contributed by atoms with Crippen molar-refractivity contribution in [3.05, 3.63) is 0 Å². The summed E-state index contributed by atoms with van der Waals surface area (Å²) in [5.74, 6) is 0. The minimum absolute atomic E-state index is 0.0816. The van der Waals surface area contributed by atoms with Crippen LogP contribution in [0.15, 0.2) is 0 Å². The quantitative estimate of drug-likeness (QED) is 0.535. The molecular formula is C13H28O2. The van der Waals surface area contributed by atoms with Gasteiger partial charge in [0.25, 0.3) is 0 Å². The van der Waals surface area contributed by atoms with Gasteiger partial charge in [-0.3, -0.25) is 0 Å². The van der Waals surface area contributed by atoms with E-state index in [1.165, 1.54) is 32.1 Å². The lowest BCUT2D eigenvalue weighted by atomic mass is 10.1. The Bertz CT molecular complexity index is 115. The molecule has 0 spiro atoms. The van der Waals surface area contributed by atoms with Crippen LogP contribution in [0.4, 0.5) is 0 Å². The van der Waals surface area contributed by atoms with Crippen LogP contribution in [0.1, 0.15) is 65.2 Å². The minimum Gasteiger partial charge on any atom is -0.394 e. The van der Waals surface area contributed by atoms with Gasteiger partial charge in [-0.1, -0.05) is 52.4 Å².